The molecular formula is C13H18N2O4S. The summed E-state index contributed by atoms with van der Waals surface area (Å²) in [5, 5.41) is 8.63. The number of benzene rings is 1. The van der Waals surface area contributed by atoms with E-state index >= 15 is 0 Å². The highest BCUT2D eigenvalue weighted by Crippen LogP contribution is 2.04. The minimum absolute atomic E-state index is 0.164. The Labute approximate surface area is 119 Å². The lowest BCUT2D eigenvalue weighted by Gasteiger charge is -2.08. The first kappa shape index (κ1) is 16.6. The Morgan fingerprint density at radius 1 is 1.35 bits per heavy atom. The van der Waals surface area contributed by atoms with Gasteiger partial charge >= 0.3 is 0 Å². The molecule has 0 aromatic heterocycles. The molecule has 0 radical (unpaired) electrons. The van der Waals surface area contributed by atoms with E-state index < -0.39 is 10.2 Å². The standard InChI is InChI=1S/C13H18N2O4S/c1-19-9-7-14-20(17,18)15-11-13-5-2-4-12(10-13)6-3-8-16/h2,4-5,10,14-16H,7-9,11H2,1H3. The van der Waals surface area contributed by atoms with Crippen molar-refractivity contribution in [3.8, 4) is 11.8 Å². The zero-order valence-corrected chi connectivity index (χ0v) is 12.0. The van der Waals surface area contributed by atoms with Gasteiger partial charge < -0.3 is 9.84 Å². The van der Waals surface area contributed by atoms with Crippen molar-refractivity contribution in [3.63, 3.8) is 0 Å². The first-order valence-corrected chi connectivity index (χ1v) is 7.47. The fourth-order valence-electron chi connectivity index (χ4n) is 1.41. The van der Waals surface area contributed by atoms with Gasteiger partial charge in [-0.3, -0.25) is 0 Å². The van der Waals surface area contributed by atoms with Crippen LogP contribution in [0.4, 0.5) is 0 Å². The maximum atomic E-state index is 11.6. The molecule has 0 aliphatic heterocycles. The average Bonchev–Trinajstić information content (AvgIpc) is 2.44. The number of hydrogen-bond acceptors (Lipinski definition) is 4. The Morgan fingerprint density at radius 2 is 2.15 bits per heavy atom. The van der Waals surface area contributed by atoms with E-state index in [1.807, 2.05) is 0 Å². The van der Waals surface area contributed by atoms with Crippen LogP contribution in [-0.4, -0.2) is 40.4 Å². The predicted molar refractivity (Wildman–Crippen MR) is 76.0 cm³/mol. The van der Waals surface area contributed by atoms with Crippen molar-refractivity contribution in [2.45, 2.75) is 6.54 Å². The molecule has 0 bridgehead atoms. The third-order valence-corrected chi connectivity index (χ3v) is 3.41. The number of ether oxygens (including phenoxy) is 1. The number of methoxy groups -OCH3 is 1. The summed E-state index contributed by atoms with van der Waals surface area (Å²) in [5.41, 5.74) is 1.51. The topological polar surface area (TPSA) is 87.7 Å². The fourth-order valence-corrected chi connectivity index (χ4v) is 2.22. The van der Waals surface area contributed by atoms with E-state index in [-0.39, 0.29) is 19.7 Å². The summed E-state index contributed by atoms with van der Waals surface area (Å²) in [7, 11) is -2.04. The Balaban J connectivity index is 2.56. The number of aliphatic hydroxyl groups is 1. The van der Waals surface area contributed by atoms with E-state index in [1.54, 1.807) is 24.3 Å². The Morgan fingerprint density at radius 3 is 2.85 bits per heavy atom. The molecule has 0 aliphatic carbocycles. The van der Waals surface area contributed by atoms with Gasteiger partial charge in [-0.25, -0.2) is 0 Å². The van der Waals surface area contributed by atoms with Crippen molar-refractivity contribution in [2.24, 2.45) is 0 Å². The maximum Gasteiger partial charge on any atom is 0.277 e. The van der Waals surface area contributed by atoms with E-state index in [1.165, 1.54) is 7.11 Å². The molecule has 0 spiro atoms. The molecular weight excluding hydrogens is 280 g/mol. The summed E-state index contributed by atoms with van der Waals surface area (Å²) in [4.78, 5) is 0. The van der Waals surface area contributed by atoms with Gasteiger partial charge in [0.25, 0.3) is 10.2 Å². The molecule has 1 rings (SSSR count). The maximum absolute atomic E-state index is 11.6. The highest BCUT2D eigenvalue weighted by Gasteiger charge is 2.08. The van der Waals surface area contributed by atoms with Gasteiger partial charge in [-0.05, 0) is 17.7 Å². The van der Waals surface area contributed by atoms with Crippen molar-refractivity contribution in [1.82, 2.24) is 9.44 Å². The normalized spacial score (nSPS) is 10.9. The number of hydrogen-bond donors (Lipinski definition) is 3. The van der Waals surface area contributed by atoms with E-state index in [9.17, 15) is 8.42 Å². The largest absolute Gasteiger partial charge is 0.384 e. The Kier molecular flexibility index (Phi) is 7.22. The Hall–Kier alpha value is -1.43. The lowest BCUT2D eigenvalue weighted by molar-refractivity contribution is 0.204. The lowest BCUT2D eigenvalue weighted by atomic mass is 10.1. The molecule has 0 aliphatic rings. The van der Waals surface area contributed by atoms with Gasteiger partial charge in [0, 0.05) is 25.8 Å². The second kappa shape index (κ2) is 8.68. The summed E-state index contributed by atoms with van der Waals surface area (Å²) in [6.45, 7) is 0.484. The van der Waals surface area contributed by atoms with E-state index in [4.69, 9.17) is 9.84 Å². The molecule has 0 saturated heterocycles. The van der Waals surface area contributed by atoms with Gasteiger partial charge in [0.05, 0.1) is 6.61 Å². The highest BCUT2D eigenvalue weighted by atomic mass is 32.2. The van der Waals surface area contributed by atoms with E-state index in [0.29, 0.717) is 6.61 Å². The average molecular weight is 298 g/mol. The fraction of sp³-hybridized carbons (Fsp3) is 0.385. The molecule has 7 heteroatoms. The van der Waals surface area contributed by atoms with Crippen LogP contribution < -0.4 is 9.44 Å². The quantitative estimate of drug-likeness (QED) is 0.472. The second-order valence-electron chi connectivity index (χ2n) is 3.87. The van der Waals surface area contributed by atoms with Crippen molar-refractivity contribution < 1.29 is 18.3 Å². The molecule has 0 unspecified atom stereocenters. The Bertz CT molecular complexity index is 576. The van der Waals surface area contributed by atoms with Crippen molar-refractivity contribution in [1.29, 1.82) is 0 Å². The third kappa shape index (κ3) is 6.65. The van der Waals surface area contributed by atoms with Crippen LogP contribution in [0.2, 0.25) is 0 Å². The molecule has 0 amide bonds. The molecule has 1 aromatic carbocycles. The number of rotatable bonds is 7. The molecule has 1 aromatic rings. The summed E-state index contributed by atoms with van der Waals surface area (Å²) >= 11 is 0. The molecule has 6 nitrogen and oxygen atoms in total. The van der Waals surface area contributed by atoms with Crippen LogP contribution in [0.15, 0.2) is 24.3 Å². The first-order valence-electron chi connectivity index (χ1n) is 5.99. The van der Waals surface area contributed by atoms with Gasteiger partial charge in [0.2, 0.25) is 0 Å². The first-order chi connectivity index (χ1) is 9.57. The van der Waals surface area contributed by atoms with Gasteiger partial charge in [-0.2, -0.15) is 17.9 Å². The monoisotopic (exact) mass is 298 g/mol. The van der Waals surface area contributed by atoms with Crippen LogP contribution in [-0.2, 0) is 21.5 Å². The van der Waals surface area contributed by atoms with Crippen molar-refractivity contribution in [3.05, 3.63) is 35.4 Å². The van der Waals surface area contributed by atoms with Crippen LogP contribution in [0.25, 0.3) is 0 Å². The van der Waals surface area contributed by atoms with Crippen LogP contribution in [0.1, 0.15) is 11.1 Å². The van der Waals surface area contributed by atoms with Gasteiger partial charge in [-0.15, -0.1) is 0 Å². The lowest BCUT2D eigenvalue weighted by Crippen LogP contribution is -2.37. The van der Waals surface area contributed by atoms with Gasteiger partial charge in [0.15, 0.2) is 0 Å². The number of aliphatic hydroxyl groups excluding tert-OH is 1. The van der Waals surface area contributed by atoms with Gasteiger partial charge in [0.1, 0.15) is 6.61 Å². The predicted octanol–water partition coefficient (Wildman–Crippen LogP) is -0.399. The molecule has 0 saturated carbocycles. The summed E-state index contributed by atoms with van der Waals surface area (Å²) in [6.07, 6.45) is 0. The van der Waals surface area contributed by atoms with Gasteiger partial charge in [-0.1, -0.05) is 24.0 Å². The zero-order valence-electron chi connectivity index (χ0n) is 11.2. The molecule has 110 valence electrons. The smallest absolute Gasteiger partial charge is 0.277 e. The summed E-state index contributed by atoms with van der Waals surface area (Å²) < 4.78 is 32.7. The highest BCUT2D eigenvalue weighted by molar-refractivity contribution is 7.87. The molecule has 20 heavy (non-hydrogen) atoms. The molecule has 0 heterocycles. The zero-order chi connectivity index (χ0) is 14.8. The van der Waals surface area contributed by atoms with E-state index in [2.05, 4.69) is 21.3 Å². The SMILES string of the molecule is COCCNS(=O)(=O)NCc1cccc(C#CCO)c1. The van der Waals surface area contributed by atoms with E-state index in [0.717, 1.165) is 11.1 Å². The second-order valence-corrected chi connectivity index (χ2v) is 5.46. The molecule has 0 fully saturated rings. The van der Waals surface area contributed by atoms with Crippen LogP contribution in [0.5, 0.6) is 0 Å². The third-order valence-electron chi connectivity index (χ3n) is 2.30. The minimum atomic E-state index is -3.54. The summed E-state index contributed by atoms with van der Waals surface area (Å²) in [6, 6.07) is 7.13. The minimum Gasteiger partial charge on any atom is -0.384 e. The number of nitrogens with one attached hydrogen (secondary N) is 2. The molecule has 0 atom stereocenters. The van der Waals surface area contributed by atoms with Crippen LogP contribution >= 0.6 is 0 Å². The summed E-state index contributed by atoms with van der Waals surface area (Å²) in [5.74, 6) is 5.30. The van der Waals surface area contributed by atoms with Crippen LogP contribution in [0, 0.1) is 11.8 Å². The van der Waals surface area contributed by atoms with Crippen molar-refractivity contribution >= 4 is 10.2 Å². The van der Waals surface area contributed by atoms with Crippen LogP contribution in [0.3, 0.4) is 0 Å². The molecule has 3 N–H and O–H groups in total. The van der Waals surface area contributed by atoms with Crippen molar-refractivity contribution in [2.75, 3.05) is 26.9 Å².